The number of ether oxygens (including phenoxy) is 2. The van der Waals surface area contributed by atoms with Crippen LogP contribution in [0.1, 0.15) is 84.1 Å². The number of benzene rings is 1. The topological polar surface area (TPSA) is 97.0 Å². The molecule has 1 aromatic carbocycles. The maximum atomic E-state index is 13.6. The summed E-state index contributed by atoms with van der Waals surface area (Å²) in [6.45, 7) is 6.97. The second-order valence-corrected chi connectivity index (χ2v) is 11.3. The molecule has 8 nitrogen and oxygen atoms in total. The number of carbonyl (C=O) groups excluding carboxylic acids is 3. The first-order valence-corrected chi connectivity index (χ1v) is 14.9. The lowest BCUT2D eigenvalue weighted by atomic mass is 9.94. The van der Waals surface area contributed by atoms with Crippen LogP contribution in [0.4, 0.5) is 0 Å². The minimum absolute atomic E-state index is 0.0195. The zero-order valence-corrected chi connectivity index (χ0v) is 25.5. The number of allylic oxidation sites excluding steroid dienone is 2. The van der Waals surface area contributed by atoms with Crippen molar-refractivity contribution in [3.8, 4) is 11.5 Å². The minimum Gasteiger partial charge on any atom is -0.497 e. The van der Waals surface area contributed by atoms with Crippen molar-refractivity contribution < 1.29 is 23.9 Å². The molecule has 0 spiro atoms. The number of methoxy groups -OCH3 is 2. The molecule has 224 valence electrons. The van der Waals surface area contributed by atoms with Crippen molar-refractivity contribution in [3.05, 3.63) is 35.9 Å². The van der Waals surface area contributed by atoms with Crippen molar-refractivity contribution in [2.75, 3.05) is 27.8 Å². The van der Waals surface area contributed by atoms with Gasteiger partial charge in [-0.1, -0.05) is 45.8 Å². The fourth-order valence-corrected chi connectivity index (χ4v) is 5.24. The quantitative estimate of drug-likeness (QED) is 0.404. The van der Waals surface area contributed by atoms with Gasteiger partial charge in [0.15, 0.2) is 0 Å². The third-order valence-electron chi connectivity index (χ3n) is 7.53. The summed E-state index contributed by atoms with van der Waals surface area (Å²) in [6, 6.07) is 5.01. The van der Waals surface area contributed by atoms with Gasteiger partial charge in [0.1, 0.15) is 17.5 Å². The van der Waals surface area contributed by atoms with Crippen molar-refractivity contribution >= 4 is 17.7 Å². The molecule has 3 amide bonds. The minimum atomic E-state index is -0.570. The monoisotopic (exact) mass is 557 g/mol. The van der Waals surface area contributed by atoms with E-state index in [0.717, 1.165) is 44.1 Å². The highest BCUT2D eigenvalue weighted by molar-refractivity contribution is 5.88. The molecular weight excluding hydrogens is 506 g/mol. The van der Waals surface area contributed by atoms with Gasteiger partial charge in [-0.2, -0.15) is 0 Å². The maximum absolute atomic E-state index is 13.6. The summed E-state index contributed by atoms with van der Waals surface area (Å²) in [5.41, 5.74) is 0.893. The average molecular weight is 558 g/mol. The van der Waals surface area contributed by atoms with E-state index >= 15 is 0 Å². The number of carbonyl (C=O) groups is 3. The Morgan fingerprint density at radius 2 is 1.85 bits per heavy atom. The Morgan fingerprint density at radius 3 is 2.52 bits per heavy atom. The van der Waals surface area contributed by atoms with Gasteiger partial charge in [0.2, 0.25) is 17.7 Å². The highest BCUT2D eigenvalue weighted by Crippen LogP contribution is 2.26. The molecule has 3 unspecified atom stereocenters. The van der Waals surface area contributed by atoms with Crippen LogP contribution in [0.2, 0.25) is 0 Å². The normalized spacial score (nSPS) is 22.2. The second-order valence-electron chi connectivity index (χ2n) is 11.3. The lowest BCUT2D eigenvalue weighted by Crippen LogP contribution is -2.49. The van der Waals surface area contributed by atoms with Crippen LogP contribution < -0.4 is 20.1 Å². The molecule has 8 heteroatoms. The van der Waals surface area contributed by atoms with E-state index in [0.29, 0.717) is 43.9 Å². The summed E-state index contributed by atoms with van der Waals surface area (Å²) in [5, 5.41) is 6.06. The van der Waals surface area contributed by atoms with Gasteiger partial charge in [0.05, 0.1) is 14.2 Å². The summed E-state index contributed by atoms with van der Waals surface area (Å²) in [6.07, 6.45) is 11.4. The molecule has 0 bridgehead atoms. The molecule has 3 atom stereocenters. The van der Waals surface area contributed by atoms with Gasteiger partial charge >= 0.3 is 0 Å². The van der Waals surface area contributed by atoms with Gasteiger partial charge < -0.3 is 25.0 Å². The van der Waals surface area contributed by atoms with Crippen molar-refractivity contribution in [3.63, 3.8) is 0 Å². The molecule has 0 aromatic heterocycles. The SMILES string of the molecule is CCCC1CCCC/C=C/CC(C(=O)N(C)Cc2ccc(OC)cc2OC)CCNC(=O)C(CC(C)C)NC1=O. The van der Waals surface area contributed by atoms with E-state index in [4.69, 9.17) is 9.47 Å². The van der Waals surface area contributed by atoms with Gasteiger partial charge in [-0.25, -0.2) is 0 Å². The molecular formula is C32H51N3O5. The second kappa shape index (κ2) is 17.6. The van der Waals surface area contributed by atoms with Crippen LogP contribution in [0.3, 0.4) is 0 Å². The zero-order chi connectivity index (χ0) is 29.5. The summed E-state index contributed by atoms with van der Waals surface area (Å²) in [4.78, 5) is 41.6. The van der Waals surface area contributed by atoms with Gasteiger partial charge in [0, 0.05) is 43.6 Å². The predicted molar refractivity (Wildman–Crippen MR) is 159 cm³/mol. The number of rotatable bonds is 9. The van der Waals surface area contributed by atoms with E-state index in [1.807, 2.05) is 18.2 Å². The first-order chi connectivity index (χ1) is 19.2. The molecule has 0 aliphatic carbocycles. The van der Waals surface area contributed by atoms with Gasteiger partial charge in [-0.15, -0.1) is 0 Å². The van der Waals surface area contributed by atoms with Crippen LogP contribution in [0.25, 0.3) is 0 Å². The van der Waals surface area contributed by atoms with Crippen LogP contribution >= 0.6 is 0 Å². The van der Waals surface area contributed by atoms with Gasteiger partial charge in [-0.3, -0.25) is 14.4 Å². The molecule has 2 N–H and O–H groups in total. The lowest BCUT2D eigenvalue weighted by Gasteiger charge is -2.26. The third-order valence-corrected chi connectivity index (χ3v) is 7.53. The van der Waals surface area contributed by atoms with E-state index in [1.54, 1.807) is 26.2 Å². The van der Waals surface area contributed by atoms with Crippen molar-refractivity contribution in [2.24, 2.45) is 17.8 Å². The molecule has 1 aromatic rings. The molecule has 2 rings (SSSR count). The van der Waals surface area contributed by atoms with E-state index in [2.05, 4.69) is 43.6 Å². The van der Waals surface area contributed by atoms with E-state index in [1.165, 1.54) is 0 Å². The fourth-order valence-electron chi connectivity index (χ4n) is 5.24. The van der Waals surface area contributed by atoms with E-state index < -0.39 is 6.04 Å². The predicted octanol–water partition coefficient (Wildman–Crippen LogP) is 5.25. The third kappa shape index (κ3) is 10.9. The Morgan fingerprint density at radius 1 is 1.07 bits per heavy atom. The largest absolute Gasteiger partial charge is 0.497 e. The van der Waals surface area contributed by atoms with Gasteiger partial charge in [-0.05, 0) is 63.0 Å². The summed E-state index contributed by atoms with van der Waals surface area (Å²) >= 11 is 0. The highest BCUT2D eigenvalue weighted by Gasteiger charge is 2.27. The average Bonchev–Trinajstić information content (AvgIpc) is 2.93. The van der Waals surface area contributed by atoms with E-state index in [-0.39, 0.29) is 35.5 Å². The Bertz CT molecular complexity index is 977. The van der Waals surface area contributed by atoms with Crippen LogP contribution in [0, 0.1) is 17.8 Å². The van der Waals surface area contributed by atoms with Crippen LogP contribution in [-0.2, 0) is 20.9 Å². The summed E-state index contributed by atoms with van der Waals surface area (Å²) in [7, 11) is 5.01. The highest BCUT2D eigenvalue weighted by atomic mass is 16.5. The van der Waals surface area contributed by atoms with Crippen LogP contribution in [0.5, 0.6) is 11.5 Å². The Hall–Kier alpha value is -3.03. The number of nitrogens with zero attached hydrogens (tertiary/aromatic N) is 1. The number of nitrogens with one attached hydrogen (secondary N) is 2. The number of hydrogen-bond donors (Lipinski definition) is 2. The molecule has 0 radical (unpaired) electrons. The Kier molecular flexibility index (Phi) is 14.6. The fraction of sp³-hybridized carbons (Fsp3) is 0.656. The standard InChI is InChI=1S/C32H51N3O5/c1-7-13-24-14-11-9-8-10-12-15-25(18-19-33-31(37)28(20-23(2)3)34-30(24)36)32(38)35(4)22-26-16-17-27(39-5)21-29(26)40-6/h10,12,16-17,21,23-25,28H,7-9,11,13-15,18-20,22H2,1-6H3,(H,33,37)(H,34,36)/b12-10+. The molecule has 1 heterocycles. The first kappa shape index (κ1) is 33.2. The first-order valence-electron chi connectivity index (χ1n) is 14.9. The Balaban J connectivity index is 2.16. The molecule has 1 aliphatic rings. The maximum Gasteiger partial charge on any atom is 0.242 e. The summed E-state index contributed by atoms with van der Waals surface area (Å²) in [5.74, 6) is 1.11. The smallest absolute Gasteiger partial charge is 0.242 e. The molecule has 0 fully saturated rings. The van der Waals surface area contributed by atoms with Crippen LogP contribution in [-0.4, -0.2) is 56.5 Å². The van der Waals surface area contributed by atoms with Crippen molar-refractivity contribution in [1.29, 1.82) is 0 Å². The summed E-state index contributed by atoms with van der Waals surface area (Å²) < 4.78 is 10.8. The molecule has 1 aliphatic heterocycles. The number of amides is 3. The molecule has 40 heavy (non-hydrogen) atoms. The van der Waals surface area contributed by atoms with Crippen LogP contribution in [0.15, 0.2) is 30.4 Å². The Labute approximate surface area is 241 Å². The van der Waals surface area contributed by atoms with E-state index in [9.17, 15) is 14.4 Å². The number of hydrogen-bond acceptors (Lipinski definition) is 5. The van der Waals surface area contributed by atoms with Crippen molar-refractivity contribution in [2.45, 2.75) is 91.1 Å². The molecule has 0 saturated carbocycles. The van der Waals surface area contributed by atoms with Crippen molar-refractivity contribution in [1.82, 2.24) is 15.5 Å². The van der Waals surface area contributed by atoms with Gasteiger partial charge in [0.25, 0.3) is 0 Å². The lowest BCUT2D eigenvalue weighted by molar-refractivity contribution is -0.135. The molecule has 0 saturated heterocycles. The zero-order valence-electron chi connectivity index (χ0n) is 25.5.